The normalized spacial score (nSPS) is 14.8. The number of anilines is 1. The summed E-state index contributed by atoms with van der Waals surface area (Å²) in [5.41, 5.74) is 1.89. The van der Waals surface area contributed by atoms with Crippen LogP contribution < -0.4 is 15.4 Å². The number of rotatable bonds is 6. The minimum absolute atomic E-state index is 0.0712. The van der Waals surface area contributed by atoms with E-state index in [0.717, 1.165) is 24.1 Å². The Morgan fingerprint density at radius 1 is 1.28 bits per heavy atom. The van der Waals surface area contributed by atoms with Crippen LogP contribution in [0.3, 0.4) is 0 Å². The highest BCUT2D eigenvalue weighted by Gasteiger charge is 2.24. The highest BCUT2D eigenvalue weighted by molar-refractivity contribution is 5.81. The molecular formula is C18H27N3O4. The summed E-state index contributed by atoms with van der Waals surface area (Å²) in [6.07, 6.45) is 1.19. The number of ether oxygens (including phenoxy) is 2. The summed E-state index contributed by atoms with van der Waals surface area (Å²) >= 11 is 0. The molecule has 0 spiro atoms. The minimum atomic E-state index is -0.277. The van der Waals surface area contributed by atoms with E-state index >= 15 is 0 Å². The fourth-order valence-corrected chi connectivity index (χ4v) is 2.84. The average molecular weight is 349 g/mol. The number of amides is 2. The molecule has 2 amide bonds. The number of piperidine rings is 1. The topological polar surface area (TPSA) is 79.9 Å². The first-order chi connectivity index (χ1) is 12.0. The molecule has 0 radical (unpaired) electrons. The number of hydrogen-bond acceptors (Lipinski definition) is 5. The van der Waals surface area contributed by atoms with E-state index in [2.05, 4.69) is 10.6 Å². The van der Waals surface area contributed by atoms with Crippen LogP contribution in [0.2, 0.25) is 0 Å². The van der Waals surface area contributed by atoms with Crippen molar-refractivity contribution in [2.45, 2.75) is 32.7 Å². The second-order valence-corrected chi connectivity index (χ2v) is 6.09. The number of aryl methyl sites for hydroxylation is 1. The number of methoxy groups -OCH3 is 1. The van der Waals surface area contributed by atoms with Gasteiger partial charge in [-0.1, -0.05) is 6.07 Å². The smallest absolute Gasteiger partial charge is 0.409 e. The summed E-state index contributed by atoms with van der Waals surface area (Å²) < 4.78 is 10.3. The molecule has 138 valence electrons. The number of hydrogen-bond donors (Lipinski definition) is 2. The van der Waals surface area contributed by atoms with Gasteiger partial charge in [0.05, 0.1) is 25.9 Å². The lowest BCUT2D eigenvalue weighted by Gasteiger charge is -2.31. The number of nitrogens with one attached hydrogen (secondary N) is 2. The lowest BCUT2D eigenvalue weighted by Crippen LogP contribution is -2.47. The molecular weight excluding hydrogens is 322 g/mol. The van der Waals surface area contributed by atoms with Crippen molar-refractivity contribution in [3.63, 3.8) is 0 Å². The summed E-state index contributed by atoms with van der Waals surface area (Å²) in [6, 6.07) is 5.87. The first kappa shape index (κ1) is 18.9. The number of nitrogens with zero attached hydrogens (tertiary/aromatic N) is 1. The van der Waals surface area contributed by atoms with E-state index in [1.165, 1.54) is 0 Å². The molecule has 1 aromatic carbocycles. The Morgan fingerprint density at radius 3 is 2.64 bits per heavy atom. The molecule has 1 heterocycles. The summed E-state index contributed by atoms with van der Waals surface area (Å²) in [5.74, 6) is 0.638. The first-order valence-corrected chi connectivity index (χ1v) is 8.63. The van der Waals surface area contributed by atoms with E-state index in [4.69, 9.17) is 9.47 Å². The summed E-state index contributed by atoms with van der Waals surface area (Å²) in [4.78, 5) is 25.5. The quantitative estimate of drug-likeness (QED) is 0.823. The molecule has 0 atom stereocenters. The van der Waals surface area contributed by atoms with Crippen molar-refractivity contribution in [1.82, 2.24) is 10.2 Å². The molecule has 0 saturated carbocycles. The average Bonchev–Trinajstić information content (AvgIpc) is 2.61. The minimum Gasteiger partial charge on any atom is -0.495 e. The van der Waals surface area contributed by atoms with Crippen molar-refractivity contribution < 1.29 is 19.1 Å². The predicted molar refractivity (Wildman–Crippen MR) is 96.0 cm³/mol. The number of carbonyl (C=O) groups excluding carboxylic acids is 2. The van der Waals surface area contributed by atoms with Crippen LogP contribution in [-0.4, -0.2) is 56.3 Å². The van der Waals surface area contributed by atoms with Gasteiger partial charge in [-0.2, -0.15) is 0 Å². The van der Waals surface area contributed by atoms with Crippen molar-refractivity contribution in [3.05, 3.63) is 23.8 Å². The maximum atomic E-state index is 12.2. The molecule has 2 rings (SSSR count). The van der Waals surface area contributed by atoms with Gasteiger partial charge < -0.3 is 25.0 Å². The van der Waals surface area contributed by atoms with Crippen LogP contribution in [0, 0.1) is 6.92 Å². The maximum absolute atomic E-state index is 12.2. The molecule has 1 aliphatic rings. The van der Waals surface area contributed by atoms with E-state index in [1.54, 1.807) is 18.9 Å². The van der Waals surface area contributed by atoms with E-state index in [9.17, 15) is 9.59 Å². The van der Waals surface area contributed by atoms with Crippen molar-refractivity contribution in [3.8, 4) is 5.75 Å². The maximum Gasteiger partial charge on any atom is 0.409 e. The van der Waals surface area contributed by atoms with Crippen LogP contribution in [-0.2, 0) is 9.53 Å². The third-order valence-electron chi connectivity index (χ3n) is 4.18. The van der Waals surface area contributed by atoms with Gasteiger partial charge in [0.2, 0.25) is 5.91 Å². The van der Waals surface area contributed by atoms with Gasteiger partial charge in [-0.15, -0.1) is 0 Å². The van der Waals surface area contributed by atoms with Crippen LogP contribution >= 0.6 is 0 Å². The second-order valence-electron chi connectivity index (χ2n) is 6.09. The molecule has 0 aliphatic carbocycles. The van der Waals surface area contributed by atoms with Gasteiger partial charge in [0.1, 0.15) is 5.75 Å². The Bertz CT molecular complexity index is 598. The van der Waals surface area contributed by atoms with Crippen molar-refractivity contribution in [1.29, 1.82) is 0 Å². The largest absolute Gasteiger partial charge is 0.495 e. The molecule has 7 nitrogen and oxygen atoms in total. The van der Waals surface area contributed by atoms with Crippen molar-refractivity contribution in [2.75, 3.05) is 38.7 Å². The van der Waals surface area contributed by atoms with Gasteiger partial charge in [0.15, 0.2) is 0 Å². The third-order valence-corrected chi connectivity index (χ3v) is 4.18. The molecule has 1 saturated heterocycles. The van der Waals surface area contributed by atoms with Crippen LogP contribution in [0.1, 0.15) is 25.3 Å². The molecule has 2 N–H and O–H groups in total. The summed E-state index contributed by atoms with van der Waals surface area (Å²) in [6.45, 7) is 5.54. The monoisotopic (exact) mass is 349 g/mol. The lowest BCUT2D eigenvalue weighted by atomic mass is 10.1. The Kier molecular flexibility index (Phi) is 6.91. The molecule has 1 aliphatic heterocycles. The van der Waals surface area contributed by atoms with Gasteiger partial charge in [0, 0.05) is 19.1 Å². The van der Waals surface area contributed by atoms with E-state index in [0.29, 0.717) is 25.4 Å². The van der Waals surface area contributed by atoms with Crippen molar-refractivity contribution >= 4 is 17.7 Å². The number of carbonyl (C=O) groups is 2. The zero-order valence-electron chi connectivity index (χ0n) is 15.1. The Labute approximate surface area is 148 Å². The Morgan fingerprint density at radius 2 is 2.00 bits per heavy atom. The Balaban J connectivity index is 1.76. The molecule has 1 fully saturated rings. The van der Waals surface area contributed by atoms with Crippen molar-refractivity contribution in [2.24, 2.45) is 0 Å². The third kappa shape index (κ3) is 5.55. The van der Waals surface area contributed by atoms with E-state index in [1.807, 2.05) is 25.1 Å². The van der Waals surface area contributed by atoms with Crippen LogP contribution in [0.25, 0.3) is 0 Å². The lowest BCUT2D eigenvalue weighted by molar-refractivity contribution is -0.120. The molecule has 1 aromatic rings. The fraction of sp³-hybridized carbons (Fsp3) is 0.556. The standard InChI is InChI=1S/C18H27N3O4/c1-4-25-18(23)21-9-7-14(8-10-21)20-17(22)12-19-15-11-13(2)5-6-16(15)24-3/h5-6,11,14,19H,4,7-10,12H2,1-3H3,(H,20,22). The van der Waals surface area contributed by atoms with E-state index in [-0.39, 0.29) is 24.6 Å². The zero-order chi connectivity index (χ0) is 18.2. The molecule has 0 unspecified atom stereocenters. The number of benzene rings is 1. The molecule has 0 bridgehead atoms. The predicted octanol–water partition coefficient (Wildman–Crippen LogP) is 2.15. The summed E-state index contributed by atoms with van der Waals surface area (Å²) in [7, 11) is 1.60. The van der Waals surface area contributed by atoms with Crippen LogP contribution in [0.15, 0.2) is 18.2 Å². The molecule has 7 heteroatoms. The number of likely N-dealkylation sites (tertiary alicyclic amines) is 1. The highest BCUT2D eigenvalue weighted by atomic mass is 16.6. The fourth-order valence-electron chi connectivity index (χ4n) is 2.84. The van der Waals surface area contributed by atoms with Gasteiger partial charge in [-0.05, 0) is 44.4 Å². The van der Waals surface area contributed by atoms with Gasteiger partial charge in [0.25, 0.3) is 0 Å². The summed E-state index contributed by atoms with van der Waals surface area (Å²) in [5, 5.41) is 6.13. The van der Waals surface area contributed by atoms with Crippen LogP contribution in [0.4, 0.5) is 10.5 Å². The highest BCUT2D eigenvalue weighted by Crippen LogP contribution is 2.24. The first-order valence-electron chi connectivity index (χ1n) is 8.63. The van der Waals surface area contributed by atoms with Gasteiger partial charge >= 0.3 is 6.09 Å². The van der Waals surface area contributed by atoms with Crippen LogP contribution in [0.5, 0.6) is 5.75 Å². The Hall–Kier alpha value is -2.44. The second kappa shape index (κ2) is 9.15. The SMILES string of the molecule is CCOC(=O)N1CCC(NC(=O)CNc2cc(C)ccc2OC)CC1. The van der Waals surface area contributed by atoms with E-state index < -0.39 is 0 Å². The molecule has 0 aromatic heterocycles. The van der Waals surface area contributed by atoms with Gasteiger partial charge in [-0.3, -0.25) is 4.79 Å². The van der Waals surface area contributed by atoms with Gasteiger partial charge in [-0.25, -0.2) is 4.79 Å². The molecule has 25 heavy (non-hydrogen) atoms. The zero-order valence-corrected chi connectivity index (χ0v) is 15.1.